The van der Waals surface area contributed by atoms with Crippen molar-refractivity contribution in [3.63, 3.8) is 0 Å². The highest BCUT2D eigenvalue weighted by Gasteiger charge is 2.39. The highest BCUT2D eigenvalue weighted by atomic mass is 14.4. The first kappa shape index (κ1) is 6.64. The van der Waals surface area contributed by atoms with Gasteiger partial charge in [0.2, 0.25) is 0 Å². The van der Waals surface area contributed by atoms with E-state index in [1.54, 1.807) is 0 Å². The average Bonchev–Trinajstić information content (AvgIpc) is 2.79. The quantitative estimate of drug-likeness (QED) is 0.609. The molecule has 0 aliphatic heterocycles. The second kappa shape index (κ2) is 2.87. The van der Waals surface area contributed by atoms with E-state index in [0.29, 0.717) is 5.92 Å². The molecule has 0 saturated heterocycles. The maximum atomic E-state index is 7.92. The van der Waals surface area contributed by atoms with Gasteiger partial charge in [0, 0.05) is 0 Å². The Balaban J connectivity index is 1.93. The van der Waals surface area contributed by atoms with E-state index < -0.39 is 0 Å². The van der Waals surface area contributed by atoms with Gasteiger partial charge in [-0.25, -0.2) is 0 Å². The van der Waals surface area contributed by atoms with Crippen LogP contribution in [0.3, 0.4) is 0 Å². The number of fused-ring (bicyclic) bond motifs is 2. The minimum atomic E-state index is 0.711. The zero-order valence-corrected chi connectivity index (χ0v) is 7.87. The maximum absolute atomic E-state index is 7.92. The molecule has 68 valence electrons. The summed E-state index contributed by atoms with van der Waals surface area (Å²) in [5.41, 5.74) is 1.31. The Kier molecular flexibility index (Phi) is 1.46. The molecule has 3 rings (SSSR count). The molecule has 0 N–H and O–H groups in total. The molecule has 0 spiro atoms. The van der Waals surface area contributed by atoms with Crippen LogP contribution < -0.4 is 0 Å². The van der Waals surface area contributed by atoms with Crippen LogP contribution in [0.2, 0.25) is 0 Å². The van der Waals surface area contributed by atoms with Crippen LogP contribution in [0.1, 0.15) is 38.5 Å². The van der Waals surface area contributed by atoms with Crippen molar-refractivity contribution in [2.24, 2.45) is 11.8 Å². The van der Waals surface area contributed by atoms with Crippen molar-refractivity contribution in [2.75, 3.05) is 0 Å². The van der Waals surface area contributed by atoms with Gasteiger partial charge < -0.3 is 0 Å². The van der Waals surface area contributed by atoms with E-state index in [1.807, 2.05) is 12.1 Å². The zero-order chi connectivity index (χ0) is 9.54. The van der Waals surface area contributed by atoms with Crippen LogP contribution in [-0.2, 0) is 0 Å². The fourth-order valence-corrected chi connectivity index (χ4v) is 3.26. The predicted molar refractivity (Wildman–Crippen MR) is 54.6 cm³/mol. The van der Waals surface area contributed by atoms with Gasteiger partial charge in [0.25, 0.3) is 0 Å². The molecule has 3 atom stereocenters. The molecule has 1 aromatic rings. The van der Waals surface area contributed by atoms with Crippen molar-refractivity contribution in [3.05, 3.63) is 35.9 Å². The summed E-state index contributed by atoms with van der Waals surface area (Å²) < 4.78 is 7.92. The average molecular weight is 173 g/mol. The Labute approximate surface area is 81.4 Å². The maximum Gasteiger partial charge on any atom is 0.0626 e. The Morgan fingerprint density at radius 1 is 1.15 bits per heavy atom. The van der Waals surface area contributed by atoms with Gasteiger partial charge >= 0.3 is 0 Å². The van der Waals surface area contributed by atoms with Crippen LogP contribution >= 0.6 is 0 Å². The lowest BCUT2D eigenvalue weighted by atomic mass is 9.84. The van der Waals surface area contributed by atoms with Crippen molar-refractivity contribution in [3.8, 4) is 0 Å². The largest absolute Gasteiger partial charge is 0.0626 e. The van der Waals surface area contributed by atoms with Gasteiger partial charge in [-0.05, 0) is 42.6 Å². The molecule has 0 amide bonds. The highest BCUT2D eigenvalue weighted by Crippen LogP contribution is 2.52. The third-order valence-electron chi connectivity index (χ3n) is 3.87. The van der Waals surface area contributed by atoms with Gasteiger partial charge in [-0.3, -0.25) is 0 Å². The van der Waals surface area contributed by atoms with Crippen LogP contribution in [0.4, 0.5) is 0 Å². The highest BCUT2D eigenvalue weighted by molar-refractivity contribution is 5.22. The van der Waals surface area contributed by atoms with Crippen LogP contribution in [-0.4, -0.2) is 0 Å². The predicted octanol–water partition coefficient (Wildman–Crippen LogP) is 3.59. The number of hydrogen-bond acceptors (Lipinski definition) is 0. The standard InChI is InChI=1S/C13H16/c1-2-4-11(5-3-1)13-9-10-6-7-12(13)8-10/h1-5,10,12-13H,6-9H2/t10-,12+,13-/m0/s1/i4D. The molecule has 2 aliphatic carbocycles. The molecular weight excluding hydrogens is 156 g/mol. The first-order valence-electron chi connectivity index (χ1n) is 5.90. The van der Waals surface area contributed by atoms with E-state index >= 15 is 0 Å². The Morgan fingerprint density at radius 2 is 2.15 bits per heavy atom. The third kappa shape index (κ3) is 1.20. The van der Waals surface area contributed by atoms with E-state index in [1.165, 1.54) is 31.2 Å². The van der Waals surface area contributed by atoms with Crippen LogP contribution in [0.5, 0.6) is 0 Å². The lowest BCUT2D eigenvalue weighted by Gasteiger charge is -2.21. The zero-order valence-electron chi connectivity index (χ0n) is 8.87. The molecule has 1 aromatic carbocycles. The summed E-state index contributed by atoms with van der Waals surface area (Å²) in [5.74, 6) is 2.58. The summed E-state index contributed by atoms with van der Waals surface area (Å²) in [7, 11) is 0. The molecule has 2 bridgehead atoms. The summed E-state index contributed by atoms with van der Waals surface area (Å²) in [6.45, 7) is 0. The smallest absolute Gasteiger partial charge is 0.0622 e. The number of rotatable bonds is 1. The van der Waals surface area contributed by atoms with Gasteiger partial charge in [0.15, 0.2) is 0 Å². The van der Waals surface area contributed by atoms with Gasteiger partial charge in [-0.15, -0.1) is 0 Å². The Bertz CT molecular complexity index is 345. The first-order chi connectivity index (χ1) is 6.84. The van der Waals surface area contributed by atoms with E-state index in [0.717, 1.165) is 17.9 Å². The Hall–Kier alpha value is -0.780. The molecule has 0 heterocycles. The molecule has 0 radical (unpaired) electrons. The summed E-state index contributed by atoms with van der Waals surface area (Å²) in [5, 5.41) is 0. The van der Waals surface area contributed by atoms with Crippen LogP contribution in [0, 0.1) is 11.8 Å². The third-order valence-corrected chi connectivity index (χ3v) is 3.87. The molecule has 0 unspecified atom stereocenters. The fraction of sp³-hybridized carbons (Fsp3) is 0.538. The van der Waals surface area contributed by atoms with Gasteiger partial charge in [0.05, 0.1) is 1.37 Å². The van der Waals surface area contributed by atoms with Crippen molar-refractivity contribution in [1.82, 2.24) is 0 Å². The monoisotopic (exact) mass is 173 g/mol. The normalized spacial score (nSPS) is 37.8. The second-order valence-corrected chi connectivity index (χ2v) is 4.60. The topological polar surface area (TPSA) is 0 Å². The van der Waals surface area contributed by atoms with Gasteiger partial charge in [-0.1, -0.05) is 36.7 Å². The minimum Gasteiger partial charge on any atom is -0.0622 e. The minimum absolute atomic E-state index is 0.711. The molecule has 0 aromatic heterocycles. The van der Waals surface area contributed by atoms with Gasteiger partial charge in [0.1, 0.15) is 0 Å². The lowest BCUT2D eigenvalue weighted by molar-refractivity contribution is 0.420. The van der Waals surface area contributed by atoms with E-state index in [-0.39, 0.29) is 0 Å². The van der Waals surface area contributed by atoms with E-state index in [4.69, 9.17) is 1.37 Å². The Morgan fingerprint density at radius 3 is 2.85 bits per heavy atom. The summed E-state index contributed by atoms with van der Waals surface area (Å²) >= 11 is 0. The van der Waals surface area contributed by atoms with E-state index in [2.05, 4.69) is 12.1 Å². The molecule has 2 aliphatic rings. The number of benzene rings is 1. The van der Waals surface area contributed by atoms with Crippen molar-refractivity contribution >= 4 is 0 Å². The van der Waals surface area contributed by atoms with Crippen LogP contribution in [0.15, 0.2) is 30.3 Å². The van der Waals surface area contributed by atoms with Gasteiger partial charge in [-0.2, -0.15) is 0 Å². The second-order valence-electron chi connectivity index (χ2n) is 4.60. The summed E-state index contributed by atoms with van der Waals surface area (Å²) in [6, 6.07) is 8.90. The molecular formula is C13H16. The van der Waals surface area contributed by atoms with Crippen molar-refractivity contribution < 1.29 is 1.37 Å². The molecule has 0 heteroatoms. The fourth-order valence-electron chi connectivity index (χ4n) is 3.26. The first-order valence-corrected chi connectivity index (χ1v) is 5.40. The molecule has 2 fully saturated rings. The SMILES string of the molecule is [2H]c1ccccc1[C@@H]1C[C@H]2CC[C@@H]1C2. The van der Waals surface area contributed by atoms with Crippen molar-refractivity contribution in [1.29, 1.82) is 0 Å². The van der Waals surface area contributed by atoms with E-state index in [9.17, 15) is 0 Å². The number of hydrogen-bond donors (Lipinski definition) is 0. The summed E-state index contributed by atoms with van der Waals surface area (Å²) in [6.07, 6.45) is 5.63. The molecule has 13 heavy (non-hydrogen) atoms. The molecule has 2 saturated carbocycles. The lowest BCUT2D eigenvalue weighted by Crippen LogP contribution is -2.07. The summed E-state index contributed by atoms with van der Waals surface area (Å²) in [4.78, 5) is 0. The van der Waals surface area contributed by atoms with Crippen molar-refractivity contribution in [2.45, 2.75) is 31.6 Å². The van der Waals surface area contributed by atoms with Crippen LogP contribution in [0.25, 0.3) is 0 Å². The molecule has 0 nitrogen and oxygen atoms in total.